The number of aliphatic hydroxyl groups excluding tert-OH is 1. The van der Waals surface area contributed by atoms with E-state index < -0.39 is 6.04 Å². The molecule has 138 valence electrons. The van der Waals surface area contributed by atoms with E-state index in [1.54, 1.807) is 36.4 Å². The predicted molar refractivity (Wildman–Crippen MR) is 103 cm³/mol. The second-order valence-corrected chi connectivity index (χ2v) is 6.82. The molecular weight excluding hydrogens is 328 g/mol. The van der Waals surface area contributed by atoms with E-state index in [-0.39, 0.29) is 24.3 Å². The summed E-state index contributed by atoms with van der Waals surface area (Å²) in [6.45, 7) is 5.79. The highest BCUT2D eigenvalue weighted by molar-refractivity contribution is 6.01. The van der Waals surface area contributed by atoms with E-state index in [1.807, 2.05) is 32.9 Å². The molecule has 1 atom stereocenters. The minimum absolute atomic E-state index is 0.0941. The third-order valence-corrected chi connectivity index (χ3v) is 4.10. The van der Waals surface area contributed by atoms with Gasteiger partial charge in [-0.3, -0.25) is 9.59 Å². The second-order valence-electron chi connectivity index (χ2n) is 6.82. The van der Waals surface area contributed by atoms with E-state index in [4.69, 9.17) is 0 Å². The van der Waals surface area contributed by atoms with E-state index in [0.717, 1.165) is 5.56 Å². The van der Waals surface area contributed by atoms with Crippen molar-refractivity contribution in [1.82, 2.24) is 5.32 Å². The number of amides is 2. The Labute approximate surface area is 154 Å². The fraction of sp³-hybridized carbons (Fsp3) is 0.333. The molecule has 0 aliphatic heterocycles. The molecule has 0 spiro atoms. The summed E-state index contributed by atoms with van der Waals surface area (Å²) in [7, 11) is 0. The van der Waals surface area contributed by atoms with Crippen LogP contribution in [0.25, 0.3) is 0 Å². The SMILES string of the molecule is Cc1ccccc1C(=O)NC(CC(C)C)C(=O)Nc1cccc(CO)c1. The topological polar surface area (TPSA) is 78.4 Å². The lowest BCUT2D eigenvalue weighted by molar-refractivity contribution is -0.118. The summed E-state index contributed by atoms with van der Waals surface area (Å²) in [5.41, 5.74) is 2.74. The standard InChI is InChI=1S/C21H26N2O3/c1-14(2)11-19(23-20(25)18-10-5-4-7-15(18)3)21(26)22-17-9-6-8-16(12-17)13-24/h4-10,12,14,19,24H,11,13H2,1-3H3,(H,22,26)(H,23,25). The molecule has 0 bridgehead atoms. The van der Waals surface area contributed by atoms with E-state index in [0.29, 0.717) is 23.2 Å². The average molecular weight is 354 g/mol. The molecule has 26 heavy (non-hydrogen) atoms. The normalized spacial score (nSPS) is 11.9. The van der Waals surface area contributed by atoms with Crippen molar-refractivity contribution in [3.63, 3.8) is 0 Å². The molecule has 0 saturated carbocycles. The van der Waals surface area contributed by atoms with Crippen LogP contribution in [-0.2, 0) is 11.4 Å². The number of benzene rings is 2. The number of hydrogen-bond donors (Lipinski definition) is 3. The zero-order valence-corrected chi connectivity index (χ0v) is 15.5. The Bertz CT molecular complexity index is 771. The third-order valence-electron chi connectivity index (χ3n) is 4.10. The lowest BCUT2D eigenvalue weighted by Crippen LogP contribution is -2.44. The van der Waals surface area contributed by atoms with Crippen molar-refractivity contribution >= 4 is 17.5 Å². The number of anilines is 1. The van der Waals surface area contributed by atoms with Gasteiger partial charge in [0.25, 0.3) is 5.91 Å². The third kappa shape index (κ3) is 5.43. The lowest BCUT2D eigenvalue weighted by Gasteiger charge is -2.21. The first-order valence-corrected chi connectivity index (χ1v) is 8.78. The van der Waals surface area contributed by atoms with Crippen molar-refractivity contribution in [2.24, 2.45) is 5.92 Å². The Morgan fingerprint density at radius 1 is 1.08 bits per heavy atom. The molecule has 3 N–H and O–H groups in total. The van der Waals surface area contributed by atoms with Crippen molar-refractivity contribution < 1.29 is 14.7 Å². The van der Waals surface area contributed by atoms with Crippen LogP contribution in [0.2, 0.25) is 0 Å². The summed E-state index contributed by atoms with van der Waals surface area (Å²) in [6.07, 6.45) is 0.531. The van der Waals surface area contributed by atoms with Crippen LogP contribution in [0.4, 0.5) is 5.69 Å². The molecule has 2 aromatic carbocycles. The molecule has 0 aliphatic carbocycles. The molecule has 0 saturated heterocycles. The Balaban J connectivity index is 2.14. The van der Waals surface area contributed by atoms with Gasteiger partial charge in [-0.25, -0.2) is 0 Å². The van der Waals surface area contributed by atoms with Crippen LogP contribution >= 0.6 is 0 Å². The molecule has 2 aromatic rings. The maximum absolute atomic E-state index is 12.7. The summed E-state index contributed by atoms with van der Waals surface area (Å²) >= 11 is 0. The molecule has 2 rings (SSSR count). The Kier molecular flexibility index (Phi) is 6.92. The number of nitrogens with one attached hydrogen (secondary N) is 2. The maximum atomic E-state index is 12.7. The molecule has 0 fully saturated rings. The van der Waals surface area contributed by atoms with Gasteiger partial charge in [0, 0.05) is 11.3 Å². The predicted octanol–water partition coefficient (Wildman–Crippen LogP) is 3.27. The quantitative estimate of drug-likeness (QED) is 0.714. The van der Waals surface area contributed by atoms with Crippen LogP contribution < -0.4 is 10.6 Å². The zero-order valence-electron chi connectivity index (χ0n) is 15.5. The molecular formula is C21H26N2O3. The van der Waals surface area contributed by atoms with Crippen molar-refractivity contribution in [3.8, 4) is 0 Å². The van der Waals surface area contributed by atoms with Gasteiger partial charge in [0.2, 0.25) is 5.91 Å². The van der Waals surface area contributed by atoms with E-state index in [1.165, 1.54) is 0 Å². The van der Waals surface area contributed by atoms with Gasteiger partial charge in [0.15, 0.2) is 0 Å². The highest BCUT2D eigenvalue weighted by Gasteiger charge is 2.23. The van der Waals surface area contributed by atoms with Gasteiger partial charge in [-0.05, 0) is 48.6 Å². The van der Waals surface area contributed by atoms with Crippen LogP contribution in [0.1, 0.15) is 41.8 Å². The minimum Gasteiger partial charge on any atom is -0.392 e. The van der Waals surface area contributed by atoms with Crippen molar-refractivity contribution in [2.45, 2.75) is 39.8 Å². The van der Waals surface area contributed by atoms with Gasteiger partial charge in [0.05, 0.1) is 6.61 Å². The molecule has 0 aromatic heterocycles. The van der Waals surface area contributed by atoms with E-state index in [2.05, 4.69) is 10.6 Å². The number of carbonyl (C=O) groups is 2. The highest BCUT2D eigenvalue weighted by atomic mass is 16.3. The van der Waals surface area contributed by atoms with Crippen LogP contribution in [0.15, 0.2) is 48.5 Å². The molecule has 0 radical (unpaired) electrons. The minimum atomic E-state index is -0.639. The Morgan fingerprint density at radius 2 is 1.81 bits per heavy atom. The summed E-state index contributed by atoms with van der Waals surface area (Å²) < 4.78 is 0. The molecule has 5 nitrogen and oxygen atoms in total. The molecule has 1 unspecified atom stereocenters. The maximum Gasteiger partial charge on any atom is 0.252 e. The largest absolute Gasteiger partial charge is 0.392 e. The van der Waals surface area contributed by atoms with E-state index in [9.17, 15) is 14.7 Å². The van der Waals surface area contributed by atoms with Gasteiger partial charge in [-0.15, -0.1) is 0 Å². The van der Waals surface area contributed by atoms with Crippen molar-refractivity contribution in [3.05, 3.63) is 65.2 Å². The number of aliphatic hydroxyl groups is 1. The first kappa shape index (κ1) is 19.7. The van der Waals surface area contributed by atoms with Gasteiger partial charge in [0.1, 0.15) is 6.04 Å². The van der Waals surface area contributed by atoms with Crippen LogP contribution in [0, 0.1) is 12.8 Å². The van der Waals surface area contributed by atoms with Gasteiger partial charge < -0.3 is 15.7 Å². The summed E-state index contributed by atoms with van der Waals surface area (Å²) in [5, 5.41) is 14.9. The number of carbonyl (C=O) groups excluding carboxylic acids is 2. The van der Waals surface area contributed by atoms with Gasteiger partial charge in [-0.2, -0.15) is 0 Å². The Morgan fingerprint density at radius 3 is 2.46 bits per heavy atom. The fourth-order valence-electron chi connectivity index (χ4n) is 2.74. The van der Waals surface area contributed by atoms with Crippen LogP contribution in [0.5, 0.6) is 0 Å². The average Bonchev–Trinajstić information content (AvgIpc) is 2.61. The zero-order chi connectivity index (χ0) is 19.1. The number of hydrogen-bond acceptors (Lipinski definition) is 3. The number of rotatable bonds is 7. The lowest BCUT2D eigenvalue weighted by atomic mass is 10.0. The first-order chi connectivity index (χ1) is 12.4. The summed E-state index contributed by atoms with van der Waals surface area (Å²) in [5.74, 6) is -0.282. The second kappa shape index (κ2) is 9.15. The van der Waals surface area contributed by atoms with Crippen molar-refractivity contribution in [2.75, 3.05) is 5.32 Å². The van der Waals surface area contributed by atoms with Crippen LogP contribution in [-0.4, -0.2) is 23.0 Å². The monoisotopic (exact) mass is 354 g/mol. The smallest absolute Gasteiger partial charge is 0.252 e. The first-order valence-electron chi connectivity index (χ1n) is 8.78. The van der Waals surface area contributed by atoms with Gasteiger partial charge >= 0.3 is 0 Å². The number of aryl methyl sites for hydroxylation is 1. The van der Waals surface area contributed by atoms with Gasteiger partial charge in [-0.1, -0.05) is 44.2 Å². The Hall–Kier alpha value is -2.66. The van der Waals surface area contributed by atoms with Crippen LogP contribution in [0.3, 0.4) is 0 Å². The molecule has 0 heterocycles. The van der Waals surface area contributed by atoms with E-state index >= 15 is 0 Å². The fourth-order valence-corrected chi connectivity index (χ4v) is 2.74. The highest BCUT2D eigenvalue weighted by Crippen LogP contribution is 2.14. The summed E-state index contributed by atoms with van der Waals surface area (Å²) in [4.78, 5) is 25.3. The molecule has 2 amide bonds. The summed E-state index contributed by atoms with van der Waals surface area (Å²) in [6, 6.07) is 13.7. The molecule has 0 aliphatic rings. The molecule has 5 heteroatoms. The van der Waals surface area contributed by atoms with Crippen molar-refractivity contribution in [1.29, 1.82) is 0 Å².